The SMILES string of the molecule is C1=CCCC(C2=C(C3C=CC=CC3)C=C3C4=C(C=CCC4)CCC3C2)=C1. The van der Waals surface area contributed by atoms with E-state index in [9.17, 15) is 0 Å². The Hall–Kier alpha value is -2.08. The molecule has 2 unspecified atom stereocenters. The van der Waals surface area contributed by atoms with Crippen molar-refractivity contribution in [3.63, 3.8) is 0 Å². The van der Waals surface area contributed by atoms with Gasteiger partial charge < -0.3 is 0 Å². The second kappa shape index (κ2) is 6.91. The van der Waals surface area contributed by atoms with Gasteiger partial charge in [0.25, 0.3) is 0 Å². The summed E-state index contributed by atoms with van der Waals surface area (Å²) in [6.45, 7) is 0. The van der Waals surface area contributed by atoms with Gasteiger partial charge >= 0.3 is 0 Å². The van der Waals surface area contributed by atoms with Gasteiger partial charge in [-0.25, -0.2) is 0 Å². The third-order valence-corrected chi connectivity index (χ3v) is 6.71. The van der Waals surface area contributed by atoms with Crippen LogP contribution in [-0.2, 0) is 0 Å². The zero-order chi connectivity index (χ0) is 17.3. The minimum Gasteiger partial charge on any atom is -0.0842 e. The lowest BCUT2D eigenvalue weighted by molar-refractivity contribution is 0.517. The molecule has 5 rings (SSSR count). The Morgan fingerprint density at radius 3 is 2.65 bits per heavy atom. The van der Waals surface area contributed by atoms with Crippen LogP contribution in [0.5, 0.6) is 0 Å². The summed E-state index contributed by atoms with van der Waals surface area (Å²) in [4.78, 5) is 0. The van der Waals surface area contributed by atoms with Crippen molar-refractivity contribution in [1.29, 1.82) is 0 Å². The third-order valence-electron chi connectivity index (χ3n) is 6.71. The molecule has 0 amide bonds. The van der Waals surface area contributed by atoms with Crippen molar-refractivity contribution >= 4 is 0 Å². The standard InChI is InChI=1S/C26H28/c1-3-9-19(10-4-1)24-17-22-16-15-21-13-7-8-14-23(21)26(22)18-25(24)20-11-5-2-6-12-20/h1-3,5-7,9,11,13,18,20,22H,4,8,10,12,14-17H2. The van der Waals surface area contributed by atoms with E-state index in [0.717, 1.165) is 12.3 Å². The molecule has 0 radical (unpaired) electrons. The Bertz CT molecular complexity index is 844. The highest BCUT2D eigenvalue weighted by molar-refractivity contribution is 5.56. The van der Waals surface area contributed by atoms with Gasteiger partial charge in [0.2, 0.25) is 0 Å². The molecule has 2 atom stereocenters. The Balaban J connectivity index is 1.62. The Morgan fingerprint density at radius 1 is 0.846 bits per heavy atom. The van der Waals surface area contributed by atoms with Crippen molar-refractivity contribution in [1.82, 2.24) is 0 Å². The van der Waals surface area contributed by atoms with E-state index in [2.05, 4.69) is 60.8 Å². The first kappa shape index (κ1) is 16.1. The van der Waals surface area contributed by atoms with Gasteiger partial charge in [-0.05, 0) is 90.7 Å². The maximum Gasteiger partial charge on any atom is 0.00586 e. The molecule has 0 saturated heterocycles. The highest BCUT2D eigenvalue weighted by Crippen LogP contribution is 2.48. The quantitative estimate of drug-likeness (QED) is 0.504. The maximum atomic E-state index is 2.63. The summed E-state index contributed by atoms with van der Waals surface area (Å²) in [5.74, 6) is 1.30. The number of fused-ring (bicyclic) bond motifs is 2. The summed E-state index contributed by atoms with van der Waals surface area (Å²) in [7, 11) is 0. The molecule has 0 aromatic carbocycles. The van der Waals surface area contributed by atoms with Gasteiger partial charge in [-0.3, -0.25) is 0 Å². The molecule has 0 aliphatic heterocycles. The first-order chi connectivity index (χ1) is 12.9. The molecule has 0 fully saturated rings. The monoisotopic (exact) mass is 340 g/mol. The fourth-order valence-electron chi connectivity index (χ4n) is 5.36. The molecule has 5 aliphatic carbocycles. The summed E-state index contributed by atoms with van der Waals surface area (Å²) in [6, 6.07) is 0. The summed E-state index contributed by atoms with van der Waals surface area (Å²) in [6.07, 6.45) is 33.5. The lowest BCUT2D eigenvalue weighted by Gasteiger charge is -2.37. The van der Waals surface area contributed by atoms with Crippen LogP contribution < -0.4 is 0 Å². The van der Waals surface area contributed by atoms with Gasteiger partial charge in [-0.1, -0.05) is 60.8 Å². The van der Waals surface area contributed by atoms with E-state index in [4.69, 9.17) is 0 Å². The van der Waals surface area contributed by atoms with Crippen LogP contribution in [0.1, 0.15) is 51.4 Å². The number of rotatable bonds is 2. The average Bonchev–Trinajstić information content (AvgIpc) is 2.74. The van der Waals surface area contributed by atoms with E-state index >= 15 is 0 Å². The second-order valence-corrected chi connectivity index (χ2v) is 8.23. The van der Waals surface area contributed by atoms with Crippen LogP contribution in [0.3, 0.4) is 0 Å². The second-order valence-electron chi connectivity index (χ2n) is 8.23. The van der Waals surface area contributed by atoms with Crippen molar-refractivity contribution in [3.05, 3.63) is 94.2 Å². The van der Waals surface area contributed by atoms with Gasteiger partial charge in [0.15, 0.2) is 0 Å². The molecule has 0 heterocycles. The first-order valence-electron chi connectivity index (χ1n) is 10.4. The Labute approximate surface area is 157 Å². The van der Waals surface area contributed by atoms with Crippen LogP contribution in [0.4, 0.5) is 0 Å². The number of hydrogen-bond acceptors (Lipinski definition) is 0. The average molecular weight is 341 g/mol. The topological polar surface area (TPSA) is 0 Å². The zero-order valence-electron chi connectivity index (χ0n) is 15.6. The van der Waals surface area contributed by atoms with E-state index < -0.39 is 0 Å². The molecule has 0 N–H and O–H groups in total. The van der Waals surface area contributed by atoms with Crippen molar-refractivity contribution < 1.29 is 0 Å². The molecule has 132 valence electrons. The van der Waals surface area contributed by atoms with Crippen molar-refractivity contribution in [2.75, 3.05) is 0 Å². The lowest BCUT2D eigenvalue weighted by atomic mass is 9.67. The third kappa shape index (κ3) is 2.86. The van der Waals surface area contributed by atoms with E-state index in [1.165, 1.54) is 44.9 Å². The molecule has 0 aromatic heterocycles. The van der Waals surface area contributed by atoms with E-state index in [-0.39, 0.29) is 0 Å². The van der Waals surface area contributed by atoms with Crippen molar-refractivity contribution in [2.24, 2.45) is 11.8 Å². The van der Waals surface area contributed by atoms with E-state index in [1.54, 1.807) is 33.4 Å². The largest absolute Gasteiger partial charge is 0.0842 e. The number of allylic oxidation sites excluding steroid dienone is 16. The summed E-state index contributed by atoms with van der Waals surface area (Å²) >= 11 is 0. The smallest absolute Gasteiger partial charge is 0.00586 e. The minimum atomic E-state index is 0.556. The summed E-state index contributed by atoms with van der Waals surface area (Å²) in [5, 5.41) is 0. The van der Waals surface area contributed by atoms with Crippen molar-refractivity contribution in [2.45, 2.75) is 51.4 Å². The highest BCUT2D eigenvalue weighted by Gasteiger charge is 2.32. The minimum absolute atomic E-state index is 0.556. The molecular weight excluding hydrogens is 312 g/mol. The molecular formula is C26H28. The molecule has 0 spiro atoms. The van der Waals surface area contributed by atoms with Gasteiger partial charge in [0.1, 0.15) is 0 Å². The van der Waals surface area contributed by atoms with Crippen molar-refractivity contribution in [3.8, 4) is 0 Å². The van der Waals surface area contributed by atoms with Crippen LogP contribution in [0.15, 0.2) is 94.2 Å². The first-order valence-corrected chi connectivity index (χ1v) is 10.4. The van der Waals surface area contributed by atoms with Gasteiger partial charge in [0, 0.05) is 5.92 Å². The Morgan fingerprint density at radius 2 is 1.81 bits per heavy atom. The van der Waals surface area contributed by atoms with E-state index in [0.29, 0.717) is 5.92 Å². The van der Waals surface area contributed by atoms with Gasteiger partial charge in [-0.2, -0.15) is 0 Å². The zero-order valence-corrected chi connectivity index (χ0v) is 15.6. The molecule has 0 aromatic rings. The number of hydrogen-bond donors (Lipinski definition) is 0. The molecule has 0 bridgehead atoms. The fraction of sp³-hybridized carbons (Fsp3) is 0.385. The fourth-order valence-corrected chi connectivity index (χ4v) is 5.36. The van der Waals surface area contributed by atoms with Crippen LogP contribution in [0.25, 0.3) is 0 Å². The van der Waals surface area contributed by atoms with E-state index in [1.807, 2.05) is 0 Å². The summed E-state index contributed by atoms with van der Waals surface area (Å²) in [5.41, 5.74) is 9.88. The van der Waals surface area contributed by atoms with Gasteiger partial charge in [0.05, 0.1) is 0 Å². The van der Waals surface area contributed by atoms with Crippen LogP contribution in [0.2, 0.25) is 0 Å². The molecule has 0 saturated carbocycles. The summed E-state index contributed by atoms with van der Waals surface area (Å²) < 4.78 is 0. The van der Waals surface area contributed by atoms with Gasteiger partial charge in [-0.15, -0.1) is 0 Å². The molecule has 5 aliphatic rings. The predicted octanol–water partition coefficient (Wildman–Crippen LogP) is 7.08. The van der Waals surface area contributed by atoms with Crippen LogP contribution in [0, 0.1) is 11.8 Å². The Kier molecular flexibility index (Phi) is 4.28. The predicted molar refractivity (Wildman–Crippen MR) is 111 cm³/mol. The molecule has 26 heavy (non-hydrogen) atoms. The lowest BCUT2D eigenvalue weighted by Crippen LogP contribution is -2.22. The normalized spacial score (nSPS) is 30.2. The molecule has 0 heteroatoms. The van der Waals surface area contributed by atoms with Crippen LogP contribution in [-0.4, -0.2) is 0 Å². The van der Waals surface area contributed by atoms with Crippen LogP contribution >= 0.6 is 0 Å². The maximum absolute atomic E-state index is 2.63. The highest BCUT2D eigenvalue weighted by atomic mass is 14.4. The molecule has 0 nitrogen and oxygen atoms in total.